The van der Waals surface area contributed by atoms with Crippen LogP contribution in [0.15, 0.2) is 10.6 Å². The van der Waals surface area contributed by atoms with E-state index in [2.05, 4.69) is 15.0 Å². The van der Waals surface area contributed by atoms with Crippen molar-refractivity contribution in [3.8, 4) is 0 Å². The monoisotopic (exact) mass is 268 g/mol. The van der Waals surface area contributed by atoms with Crippen LogP contribution in [0.5, 0.6) is 0 Å². The molecule has 1 unspecified atom stereocenters. The minimum absolute atomic E-state index is 0.0260. The molecule has 0 bridgehead atoms. The second kappa shape index (κ2) is 6.33. The molecule has 0 spiro atoms. The Hall–Kier alpha value is -1.89. The van der Waals surface area contributed by atoms with Crippen LogP contribution in [-0.4, -0.2) is 41.4 Å². The lowest BCUT2D eigenvalue weighted by Gasteiger charge is -2.22. The standard InChI is InChI=1S/C12H16N2O5/c15-11(9-7-10(12(16)17)19-14-9)13-5-4-8-3-1-2-6-18-8/h7-8H,1-6H2,(H,13,15)(H,16,17). The lowest BCUT2D eigenvalue weighted by Crippen LogP contribution is -2.29. The molecule has 1 aliphatic rings. The van der Waals surface area contributed by atoms with Gasteiger partial charge in [0.1, 0.15) is 0 Å². The van der Waals surface area contributed by atoms with Crippen LogP contribution in [0.4, 0.5) is 0 Å². The molecule has 1 aromatic rings. The van der Waals surface area contributed by atoms with Gasteiger partial charge in [0.15, 0.2) is 5.69 Å². The third-order valence-electron chi connectivity index (χ3n) is 2.98. The fraction of sp³-hybridized carbons (Fsp3) is 0.583. The molecule has 0 aromatic carbocycles. The summed E-state index contributed by atoms with van der Waals surface area (Å²) in [5.74, 6) is -2.03. The van der Waals surface area contributed by atoms with Gasteiger partial charge in [-0.2, -0.15) is 0 Å². The van der Waals surface area contributed by atoms with E-state index in [-0.39, 0.29) is 17.6 Å². The van der Waals surface area contributed by atoms with Crippen LogP contribution in [-0.2, 0) is 4.74 Å². The number of carbonyl (C=O) groups excluding carboxylic acids is 1. The highest BCUT2D eigenvalue weighted by molar-refractivity contribution is 5.94. The van der Waals surface area contributed by atoms with Crippen molar-refractivity contribution in [2.75, 3.05) is 13.2 Å². The van der Waals surface area contributed by atoms with E-state index in [4.69, 9.17) is 9.84 Å². The average molecular weight is 268 g/mol. The summed E-state index contributed by atoms with van der Waals surface area (Å²) in [5.41, 5.74) is -0.0260. The molecular formula is C12H16N2O5. The summed E-state index contributed by atoms with van der Waals surface area (Å²) in [5, 5.41) is 14.7. The van der Waals surface area contributed by atoms with Gasteiger partial charge in [-0.1, -0.05) is 5.16 Å². The lowest BCUT2D eigenvalue weighted by molar-refractivity contribution is 0.0117. The number of rotatable bonds is 5. The van der Waals surface area contributed by atoms with Gasteiger partial charge in [-0.3, -0.25) is 4.79 Å². The van der Waals surface area contributed by atoms with Crippen molar-refractivity contribution in [2.45, 2.75) is 31.8 Å². The second-order valence-corrected chi connectivity index (χ2v) is 4.41. The molecule has 0 saturated carbocycles. The molecule has 7 nitrogen and oxygen atoms in total. The normalized spacial score (nSPS) is 19.1. The van der Waals surface area contributed by atoms with Gasteiger partial charge in [0.05, 0.1) is 6.10 Å². The molecule has 0 aliphatic carbocycles. The highest BCUT2D eigenvalue weighted by Crippen LogP contribution is 2.14. The number of nitrogens with one attached hydrogen (secondary N) is 1. The molecule has 1 fully saturated rings. The number of carboxylic acid groups (broad SMARTS) is 1. The van der Waals surface area contributed by atoms with Gasteiger partial charge in [0.25, 0.3) is 5.91 Å². The summed E-state index contributed by atoms with van der Waals surface area (Å²) in [6.45, 7) is 1.25. The van der Waals surface area contributed by atoms with Crippen molar-refractivity contribution in [3.63, 3.8) is 0 Å². The summed E-state index contributed by atoms with van der Waals surface area (Å²) in [6.07, 6.45) is 4.21. The van der Waals surface area contributed by atoms with Crippen LogP contribution >= 0.6 is 0 Å². The Kier molecular flexibility index (Phi) is 4.51. The van der Waals surface area contributed by atoms with E-state index in [0.29, 0.717) is 6.54 Å². The molecule has 2 N–H and O–H groups in total. The van der Waals surface area contributed by atoms with Crippen molar-refractivity contribution < 1.29 is 24.0 Å². The molecule has 2 rings (SSSR count). The third-order valence-corrected chi connectivity index (χ3v) is 2.98. The van der Waals surface area contributed by atoms with Gasteiger partial charge >= 0.3 is 5.97 Å². The fourth-order valence-corrected chi connectivity index (χ4v) is 1.96. The van der Waals surface area contributed by atoms with E-state index in [1.165, 1.54) is 0 Å². The summed E-state index contributed by atoms with van der Waals surface area (Å²) in [7, 11) is 0. The van der Waals surface area contributed by atoms with Crippen molar-refractivity contribution in [1.82, 2.24) is 10.5 Å². The summed E-state index contributed by atoms with van der Waals surface area (Å²) in [4.78, 5) is 22.2. The van der Waals surface area contributed by atoms with Gasteiger partial charge in [-0.15, -0.1) is 0 Å². The predicted molar refractivity (Wildman–Crippen MR) is 64.0 cm³/mol. The number of nitrogens with zero attached hydrogens (tertiary/aromatic N) is 1. The van der Waals surface area contributed by atoms with Gasteiger partial charge in [-0.25, -0.2) is 4.79 Å². The van der Waals surface area contributed by atoms with Crippen LogP contribution in [0.2, 0.25) is 0 Å². The highest BCUT2D eigenvalue weighted by atomic mass is 16.5. The van der Waals surface area contributed by atoms with Crippen LogP contribution in [0, 0.1) is 0 Å². The number of hydrogen-bond donors (Lipinski definition) is 2. The third kappa shape index (κ3) is 3.78. The molecule has 1 aromatic heterocycles. The molecule has 2 heterocycles. The smallest absolute Gasteiger partial charge is 0.374 e. The maximum Gasteiger partial charge on any atom is 0.374 e. The molecule has 1 atom stereocenters. The number of aromatic nitrogens is 1. The topological polar surface area (TPSA) is 102 Å². The first kappa shape index (κ1) is 13.5. The van der Waals surface area contributed by atoms with E-state index < -0.39 is 11.9 Å². The van der Waals surface area contributed by atoms with E-state index in [0.717, 1.165) is 38.4 Å². The Morgan fingerprint density at radius 1 is 1.47 bits per heavy atom. The van der Waals surface area contributed by atoms with Crippen molar-refractivity contribution in [1.29, 1.82) is 0 Å². The van der Waals surface area contributed by atoms with Crippen LogP contribution < -0.4 is 5.32 Å². The van der Waals surface area contributed by atoms with Gasteiger partial charge < -0.3 is 19.7 Å². The van der Waals surface area contributed by atoms with Gasteiger partial charge in [-0.05, 0) is 25.7 Å². The Morgan fingerprint density at radius 2 is 2.32 bits per heavy atom. The summed E-state index contributed by atoms with van der Waals surface area (Å²) >= 11 is 0. The largest absolute Gasteiger partial charge is 0.475 e. The molecule has 7 heteroatoms. The zero-order valence-electron chi connectivity index (χ0n) is 10.4. The number of aromatic carboxylic acids is 1. The van der Waals surface area contributed by atoms with E-state index >= 15 is 0 Å². The molecule has 1 amide bonds. The maximum absolute atomic E-state index is 11.7. The highest BCUT2D eigenvalue weighted by Gasteiger charge is 2.17. The second-order valence-electron chi connectivity index (χ2n) is 4.41. The maximum atomic E-state index is 11.7. The van der Waals surface area contributed by atoms with E-state index in [1.807, 2.05) is 0 Å². The van der Waals surface area contributed by atoms with Gasteiger partial charge in [0.2, 0.25) is 5.76 Å². The predicted octanol–water partition coefficient (Wildman–Crippen LogP) is 1.06. The Morgan fingerprint density at radius 3 is 2.95 bits per heavy atom. The van der Waals surface area contributed by atoms with Crippen LogP contribution in [0.25, 0.3) is 0 Å². The average Bonchev–Trinajstić information content (AvgIpc) is 2.89. The number of hydrogen-bond acceptors (Lipinski definition) is 5. The Bertz CT molecular complexity index is 451. The molecule has 1 aliphatic heterocycles. The molecular weight excluding hydrogens is 252 g/mol. The van der Waals surface area contributed by atoms with Crippen LogP contribution in [0.3, 0.4) is 0 Å². The minimum Gasteiger partial charge on any atom is -0.475 e. The first-order valence-electron chi connectivity index (χ1n) is 6.26. The van der Waals surface area contributed by atoms with Gasteiger partial charge in [0, 0.05) is 19.2 Å². The number of carboxylic acids is 1. The minimum atomic E-state index is -1.25. The van der Waals surface area contributed by atoms with Crippen molar-refractivity contribution in [3.05, 3.63) is 17.5 Å². The summed E-state index contributed by atoms with van der Waals surface area (Å²) < 4.78 is 10.0. The van der Waals surface area contributed by atoms with E-state index in [9.17, 15) is 9.59 Å². The van der Waals surface area contributed by atoms with Crippen molar-refractivity contribution in [2.24, 2.45) is 0 Å². The summed E-state index contributed by atoms with van der Waals surface area (Å²) in [6, 6.07) is 1.11. The zero-order valence-corrected chi connectivity index (χ0v) is 10.4. The number of carbonyl (C=O) groups is 2. The molecule has 1 saturated heterocycles. The Balaban J connectivity index is 1.75. The lowest BCUT2D eigenvalue weighted by atomic mass is 10.1. The molecule has 104 valence electrons. The quantitative estimate of drug-likeness (QED) is 0.828. The molecule has 19 heavy (non-hydrogen) atoms. The number of ether oxygens (including phenoxy) is 1. The van der Waals surface area contributed by atoms with Crippen LogP contribution in [0.1, 0.15) is 46.7 Å². The first-order chi connectivity index (χ1) is 9.16. The zero-order chi connectivity index (χ0) is 13.7. The van der Waals surface area contributed by atoms with E-state index in [1.54, 1.807) is 0 Å². The number of amides is 1. The SMILES string of the molecule is O=C(NCCC1CCCCO1)c1cc(C(=O)O)on1. The van der Waals surface area contributed by atoms with Crippen molar-refractivity contribution >= 4 is 11.9 Å². The fourth-order valence-electron chi connectivity index (χ4n) is 1.96. The molecule has 0 radical (unpaired) electrons. The first-order valence-corrected chi connectivity index (χ1v) is 6.26. The Labute approximate surface area is 109 Å².